The summed E-state index contributed by atoms with van der Waals surface area (Å²) in [6.45, 7) is 10.9. The van der Waals surface area contributed by atoms with Crippen LogP contribution in [0.1, 0.15) is 46.6 Å². The average Bonchev–Trinajstić information content (AvgIpc) is 2.74. The molecule has 0 aliphatic heterocycles. The van der Waals surface area contributed by atoms with Gasteiger partial charge >= 0.3 is 0 Å². The van der Waals surface area contributed by atoms with E-state index in [1.54, 1.807) is 30.2 Å². The highest BCUT2D eigenvalue weighted by Gasteiger charge is 2.21. The Hall–Kier alpha value is -3.05. The summed E-state index contributed by atoms with van der Waals surface area (Å²) in [5, 5.41) is 12.1. The predicted molar refractivity (Wildman–Crippen MR) is 123 cm³/mol. The van der Waals surface area contributed by atoms with Gasteiger partial charge < -0.3 is 24.4 Å². The largest absolute Gasteiger partial charge is 0.490 e. The fourth-order valence-electron chi connectivity index (χ4n) is 3.22. The summed E-state index contributed by atoms with van der Waals surface area (Å²) in [7, 11) is 1.59. The lowest BCUT2D eigenvalue weighted by atomic mass is 10.1. The van der Waals surface area contributed by atoms with Gasteiger partial charge in [0.05, 0.1) is 6.61 Å². The van der Waals surface area contributed by atoms with Crippen molar-refractivity contribution in [3.63, 3.8) is 0 Å². The van der Waals surface area contributed by atoms with Gasteiger partial charge in [0, 0.05) is 32.3 Å². The van der Waals surface area contributed by atoms with Crippen molar-refractivity contribution in [1.29, 1.82) is 5.26 Å². The maximum atomic E-state index is 12.6. The Bertz CT molecular complexity index is 819. The zero-order valence-electron chi connectivity index (χ0n) is 19.9. The minimum Gasteiger partial charge on any atom is -0.490 e. The predicted octanol–water partition coefficient (Wildman–Crippen LogP) is 3.17. The van der Waals surface area contributed by atoms with Crippen molar-refractivity contribution in [3.05, 3.63) is 29.3 Å². The molecule has 1 rings (SSSR count). The highest BCUT2D eigenvalue weighted by Crippen LogP contribution is 2.29. The summed E-state index contributed by atoms with van der Waals surface area (Å²) in [6.07, 6.45) is 2.15. The zero-order chi connectivity index (χ0) is 24.1. The summed E-state index contributed by atoms with van der Waals surface area (Å²) in [6, 6.07) is 7.12. The molecule has 1 N–H and O–H groups in total. The molecule has 0 heterocycles. The van der Waals surface area contributed by atoms with Crippen LogP contribution in [0.25, 0.3) is 6.08 Å². The summed E-state index contributed by atoms with van der Waals surface area (Å²) < 4.78 is 16.3. The number of nitrogens with one attached hydrogen (secondary N) is 1. The second-order valence-electron chi connectivity index (χ2n) is 7.69. The lowest BCUT2D eigenvalue weighted by molar-refractivity contribution is -0.137. The second kappa shape index (κ2) is 14.1. The van der Waals surface area contributed by atoms with Crippen LogP contribution in [0, 0.1) is 11.3 Å². The SMILES string of the molecule is CCOc1cc(/C=C(\C#N)C(=O)NCCCOC)ccc1OCC(=O)N(C(C)C)C(C)C. The van der Waals surface area contributed by atoms with Crippen LogP contribution in [0.5, 0.6) is 11.5 Å². The number of amides is 2. The Morgan fingerprint density at radius 1 is 1.16 bits per heavy atom. The van der Waals surface area contributed by atoms with E-state index in [1.807, 2.05) is 40.7 Å². The molecular weight excluding hydrogens is 410 g/mol. The molecule has 0 saturated heterocycles. The van der Waals surface area contributed by atoms with Crippen molar-refractivity contribution in [2.45, 2.75) is 53.1 Å². The summed E-state index contributed by atoms with van der Waals surface area (Å²) >= 11 is 0. The fourth-order valence-corrected chi connectivity index (χ4v) is 3.22. The summed E-state index contributed by atoms with van der Waals surface area (Å²) in [5.74, 6) is 0.299. The van der Waals surface area contributed by atoms with Gasteiger partial charge in [-0.1, -0.05) is 6.07 Å². The second-order valence-corrected chi connectivity index (χ2v) is 7.69. The lowest BCUT2D eigenvalue weighted by Crippen LogP contribution is -2.44. The number of carbonyl (C=O) groups excluding carboxylic acids is 2. The van der Waals surface area contributed by atoms with Gasteiger partial charge in [-0.3, -0.25) is 9.59 Å². The van der Waals surface area contributed by atoms with E-state index in [-0.39, 0.29) is 30.2 Å². The van der Waals surface area contributed by atoms with E-state index in [4.69, 9.17) is 14.2 Å². The number of hydrogen-bond acceptors (Lipinski definition) is 6. The molecule has 8 heteroatoms. The molecule has 0 aliphatic rings. The fraction of sp³-hybridized carbons (Fsp3) is 0.542. The van der Waals surface area contributed by atoms with Gasteiger partial charge in [-0.15, -0.1) is 0 Å². The molecule has 0 fully saturated rings. The molecule has 0 atom stereocenters. The maximum Gasteiger partial charge on any atom is 0.261 e. The zero-order valence-corrected chi connectivity index (χ0v) is 19.9. The van der Waals surface area contributed by atoms with E-state index in [0.717, 1.165) is 0 Å². The number of benzene rings is 1. The Morgan fingerprint density at radius 3 is 2.41 bits per heavy atom. The molecule has 0 bridgehead atoms. The van der Waals surface area contributed by atoms with Crippen LogP contribution in [0.4, 0.5) is 0 Å². The van der Waals surface area contributed by atoms with Gasteiger partial charge in [-0.05, 0) is 64.8 Å². The Morgan fingerprint density at radius 2 is 1.84 bits per heavy atom. The average molecular weight is 446 g/mol. The van der Waals surface area contributed by atoms with Crippen LogP contribution in [-0.4, -0.2) is 62.3 Å². The molecule has 0 spiro atoms. The number of nitriles is 1. The van der Waals surface area contributed by atoms with E-state index in [9.17, 15) is 14.9 Å². The van der Waals surface area contributed by atoms with Crippen LogP contribution in [0.15, 0.2) is 23.8 Å². The van der Waals surface area contributed by atoms with E-state index >= 15 is 0 Å². The van der Waals surface area contributed by atoms with Crippen LogP contribution in [-0.2, 0) is 14.3 Å². The Kier molecular flexibility index (Phi) is 11.9. The van der Waals surface area contributed by atoms with Crippen molar-refractivity contribution >= 4 is 17.9 Å². The van der Waals surface area contributed by atoms with Gasteiger partial charge in [0.25, 0.3) is 11.8 Å². The number of methoxy groups -OCH3 is 1. The highest BCUT2D eigenvalue weighted by atomic mass is 16.5. The number of ether oxygens (including phenoxy) is 3. The molecule has 1 aromatic rings. The van der Waals surface area contributed by atoms with Crippen molar-refractivity contribution in [2.75, 3.05) is 33.5 Å². The lowest BCUT2D eigenvalue weighted by Gasteiger charge is -2.30. The normalized spacial score (nSPS) is 11.3. The summed E-state index contributed by atoms with van der Waals surface area (Å²) in [5.41, 5.74) is 0.597. The Balaban J connectivity index is 2.97. The van der Waals surface area contributed by atoms with Crippen LogP contribution >= 0.6 is 0 Å². The van der Waals surface area contributed by atoms with E-state index in [2.05, 4.69) is 5.32 Å². The van der Waals surface area contributed by atoms with Gasteiger partial charge in [0.15, 0.2) is 18.1 Å². The molecule has 0 aliphatic carbocycles. The quantitative estimate of drug-likeness (QED) is 0.284. The van der Waals surface area contributed by atoms with Crippen LogP contribution in [0.2, 0.25) is 0 Å². The van der Waals surface area contributed by atoms with Gasteiger partial charge in [-0.2, -0.15) is 5.26 Å². The smallest absolute Gasteiger partial charge is 0.261 e. The molecule has 8 nitrogen and oxygen atoms in total. The first kappa shape index (κ1) is 27.0. The third kappa shape index (κ3) is 8.60. The van der Waals surface area contributed by atoms with E-state index in [1.165, 1.54) is 6.08 Å². The first-order chi connectivity index (χ1) is 15.2. The first-order valence-corrected chi connectivity index (χ1v) is 10.8. The molecule has 0 radical (unpaired) electrons. The molecule has 1 aromatic carbocycles. The van der Waals surface area contributed by atoms with Crippen LogP contribution < -0.4 is 14.8 Å². The monoisotopic (exact) mass is 445 g/mol. The minimum absolute atomic E-state index is 0.0155. The van der Waals surface area contributed by atoms with Crippen LogP contribution in [0.3, 0.4) is 0 Å². The van der Waals surface area contributed by atoms with Crippen molar-refractivity contribution in [1.82, 2.24) is 10.2 Å². The van der Waals surface area contributed by atoms with Crippen molar-refractivity contribution < 1.29 is 23.8 Å². The number of rotatable bonds is 13. The van der Waals surface area contributed by atoms with E-state index in [0.29, 0.717) is 43.2 Å². The first-order valence-electron chi connectivity index (χ1n) is 10.8. The number of hydrogen-bond donors (Lipinski definition) is 1. The molecule has 176 valence electrons. The third-order valence-corrected chi connectivity index (χ3v) is 4.51. The molecule has 0 saturated carbocycles. The van der Waals surface area contributed by atoms with Gasteiger partial charge in [-0.25, -0.2) is 0 Å². The number of carbonyl (C=O) groups is 2. The van der Waals surface area contributed by atoms with Gasteiger partial charge in [0.1, 0.15) is 11.6 Å². The summed E-state index contributed by atoms with van der Waals surface area (Å²) in [4.78, 5) is 26.6. The highest BCUT2D eigenvalue weighted by molar-refractivity contribution is 6.01. The molecular formula is C24H35N3O5. The van der Waals surface area contributed by atoms with Crippen molar-refractivity contribution in [3.8, 4) is 17.6 Å². The molecule has 2 amide bonds. The minimum atomic E-state index is -0.449. The van der Waals surface area contributed by atoms with Gasteiger partial charge in [0.2, 0.25) is 0 Å². The third-order valence-electron chi connectivity index (χ3n) is 4.51. The number of nitrogens with zero attached hydrogens (tertiary/aromatic N) is 2. The Labute approximate surface area is 191 Å². The van der Waals surface area contributed by atoms with E-state index < -0.39 is 5.91 Å². The standard InChI is InChI=1S/C24H35N3O5/c1-7-31-22-14-19(13-20(15-25)24(29)26-11-8-12-30-6)9-10-21(22)32-16-23(28)27(17(2)3)18(4)5/h9-10,13-14,17-18H,7-8,11-12,16H2,1-6H3,(H,26,29)/b20-13+. The molecule has 0 aromatic heterocycles. The molecule has 0 unspecified atom stereocenters. The topological polar surface area (TPSA) is 101 Å². The van der Waals surface area contributed by atoms with Crippen molar-refractivity contribution in [2.24, 2.45) is 0 Å². The molecule has 32 heavy (non-hydrogen) atoms. The maximum absolute atomic E-state index is 12.6.